The van der Waals surface area contributed by atoms with E-state index >= 15 is 0 Å². The molecule has 2 aliphatic rings. The third-order valence-corrected chi connectivity index (χ3v) is 5.59. The first-order valence-electron chi connectivity index (χ1n) is 9.56. The van der Waals surface area contributed by atoms with E-state index in [2.05, 4.69) is 26.8 Å². The van der Waals surface area contributed by atoms with Crippen LogP contribution in [0, 0.1) is 5.82 Å². The Morgan fingerprint density at radius 3 is 2.61 bits per heavy atom. The van der Waals surface area contributed by atoms with Crippen molar-refractivity contribution in [1.82, 2.24) is 15.0 Å². The van der Waals surface area contributed by atoms with Crippen molar-refractivity contribution in [1.29, 1.82) is 0 Å². The summed E-state index contributed by atoms with van der Waals surface area (Å²) in [6, 6.07) is 3.59. The third-order valence-electron chi connectivity index (χ3n) is 5.38. The summed E-state index contributed by atoms with van der Waals surface area (Å²) in [4.78, 5) is 19.7. The number of halogens is 2. The van der Waals surface area contributed by atoms with Crippen LogP contribution >= 0.6 is 11.6 Å². The topological polar surface area (TPSA) is 57.6 Å². The standard InChI is InChI=1S/C19H24ClFN6O/c1-25(17-2-5-22-19(24-17)27-8-10-28-11-9-27)15-3-6-26(7-4-15)18-16(21)12-14(20)13-23-18/h2,5,12-13,15H,3-4,6-11H2,1H3. The predicted molar refractivity (Wildman–Crippen MR) is 108 cm³/mol. The summed E-state index contributed by atoms with van der Waals surface area (Å²) in [5.74, 6) is 1.66. The number of rotatable bonds is 4. The van der Waals surface area contributed by atoms with E-state index in [1.54, 1.807) is 0 Å². The Balaban J connectivity index is 1.40. The summed E-state index contributed by atoms with van der Waals surface area (Å²) in [7, 11) is 2.06. The number of aromatic nitrogens is 3. The Hall–Kier alpha value is -2.19. The molecule has 2 fully saturated rings. The Kier molecular flexibility index (Phi) is 5.77. The van der Waals surface area contributed by atoms with Crippen LogP contribution in [0.5, 0.6) is 0 Å². The molecule has 0 N–H and O–H groups in total. The summed E-state index contributed by atoms with van der Waals surface area (Å²) in [5.41, 5.74) is 0. The van der Waals surface area contributed by atoms with Crippen LogP contribution < -0.4 is 14.7 Å². The van der Waals surface area contributed by atoms with Crippen molar-refractivity contribution in [2.75, 3.05) is 61.1 Å². The van der Waals surface area contributed by atoms with Crippen LogP contribution in [0.2, 0.25) is 5.02 Å². The van der Waals surface area contributed by atoms with Gasteiger partial charge in [0.05, 0.1) is 18.2 Å². The minimum Gasteiger partial charge on any atom is -0.378 e. The summed E-state index contributed by atoms with van der Waals surface area (Å²) in [6.45, 7) is 4.51. The first kappa shape index (κ1) is 19.1. The molecule has 2 aliphatic heterocycles. The van der Waals surface area contributed by atoms with Crippen LogP contribution in [0.25, 0.3) is 0 Å². The third kappa shape index (κ3) is 4.12. The first-order valence-corrected chi connectivity index (χ1v) is 9.94. The van der Waals surface area contributed by atoms with Gasteiger partial charge in [0.1, 0.15) is 5.82 Å². The van der Waals surface area contributed by atoms with Gasteiger partial charge in [0.15, 0.2) is 11.6 Å². The Bertz CT molecular complexity index is 811. The minimum atomic E-state index is -0.370. The zero-order chi connectivity index (χ0) is 19.5. The Labute approximate surface area is 169 Å². The van der Waals surface area contributed by atoms with Gasteiger partial charge in [-0.25, -0.2) is 14.4 Å². The number of hydrogen-bond acceptors (Lipinski definition) is 7. The molecule has 0 aromatic carbocycles. The smallest absolute Gasteiger partial charge is 0.227 e. The minimum absolute atomic E-state index is 0.315. The van der Waals surface area contributed by atoms with Crippen LogP contribution in [0.1, 0.15) is 12.8 Å². The van der Waals surface area contributed by atoms with Crippen molar-refractivity contribution in [2.45, 2.75) is 18.9 Å². The fraction of sp³-hybridized carbons (Fsp3) is 0.526. The molecule has 0 unspecified atom stereocenters. The van der Waals surface area contributed by atoms with Gasteiger partial charge >= 0.3 is 0 Å². The number of ether oxygens (including phenoxy) is 1. The Morgan fingerprint density at radius 1 is 1.14 bits per heavy atom. The number of piperidine rings is 1. The lowest BCUT2D eigenvalue weighted by atomic mass is 10.0. The molecule has 0 aliphatic carbocycles. The van der Waals surface area contributed by atoms with Crippen molar-refractivity contribution >= 4 is 29.2 Å². The Morgan fingerprint density at radius 2 is 1.89 bits per heavy atom. The van der Waals surface area contributed by atoms with Gasteiger partial charge in [-0.15, -0.1) is 0 Å². The summed E-state index contributed by atoms with van der Waals surface area (Å²) in [5, 5.41) is 0.315. The van der Waals surface area contributed by atoms with E-state index in [1.165, 1.54) is 12.3 Å². The fourth-order valence-corrected chi connectivity index (χ4v) is 3.89. The number of morpholine rings is 1. The molecule has 4 rings (SSSR count). The summed E-state index contributed by atoms with van der Waals surface area (Å²) < 4.78 is 19.6. The molecule has 0 spiro atoms. The highest BCUT2D eigenvalue weighted by atomic mass is 35.5. The molecule has 9 heteroatoms. The van der Waals surface area contributed by atoms with Gasteiger partial charge in [0, 0.05) is 51.7 Å². The lowest BCUT2D eigenvalue weighted by Crippen LogP contribution is -2.44. The molecule has 28 heavy (non-hydrogen) atoms. The van der Waals surface area contributed by atoms with E-state index in [0.717, 1.165) is 50.8 Å². The zero-order valence-electron chi connectivity index (χ0n) is 15.9. The zero-order valence-corrected chi connectivity index (χ0v) is 16.6. The highest BCUT2D eigenvalue weighted by molar-refractivity contribution is 6.30. The van der Waals surface area contributed by atoms with Crippen LogP contribution in [-0.4, -0.2) is 67.4 Å². The number of pyridine rings is 1. The molecule has 2 saturated heterocycles. The molecule has 4 heterocycles. The van der Waals surface area contributed by atoms with Crippen LogP contribution in [-0.2, 0) is 4.74 Å². The molecule has 0 amide bonds. The van der Waals surface area contributed by atoms with Gasteiger partial charge in [-0.2, -0.15) is 4.98 Å². The van der Waals surface area contributed by atoms with Gasteiger partial charge < -0.3 is 19.4 Å². The second kappa shape index (κ2) is 8.45. The van der Waals surface area contributed by atoms with E-state index in [9.17, 15) is 4.39 Å². The predicted octanol–water partition coefficient (Wildman–Crippen LogP) is 2.61. The summed E-state index contributed by atoms with van der Waals surface area (Å²) in [6.07, 6.45) is 5.10. The van der Waals surface area contributed by atoms with E-state index in [1.807, 2.05) is 17.2 Å². The lowest BCUT2D eigenvalue weighted by Gasteiger charge is -2.38. The average molecular weight is 407 g/mol. The first-order chi connectivity index (χ1) is 13.6. The largest absolute Gasteiger partial charge is 0.378 e. The lowest BCUT2D eigenvalue weighted by molar-refractivity contribution is 0.122. The number of hydrogen-bond donors (Lipinski definition) is 0. The van der Waals surface area contributed by atoms with E-state index < -0.39 is 0 Å². The molecule has 2 aromatic heterocycles. The molecular weight excluding hydrogens is 383 g/mol. The molecule has 150 valence electrons. The van der Waals surface area contributed by atoms with E-state index in [0.29, 0.717) is 30.1 Å². The maximum absolute atomic E-state index is 14.1. The molecule has 7 nitrogen and oxygen atoms in total. The molecule has 0 radical (unpaired) electrons. The van der Waals surface area contributed by atoms with Crippen molar-refractivity contribution < 1.29 is 9.13 Å². The van der Waals surface area contributed by atoms with Crippen LogP contribution in [0.3, 0.4) is 0 Å². The highest BCUT2D eigenvalue weighted by Gasteiger charge is 2.26. The molecule has 0 saturated carbocycles. The molecular formula is C19H24ClFN6O. The fourth-order valence-electron chi connectivity index (χ4n) is 3.74. The number of anilines is 3. The maximum Gasteiger partial charge on any atom is 0.227 e. The van der Waals surface area contributed by atoms with Crippen LogP contribution in [0.4, 0.5) is 22.0 Å². The quantitative estimate of drug-likeness (QED) is 0.773. The average Bonchev–Trinajstić information content (AvgIpc) is 2.74. The molecule has 2 aromatic rings. The van der Waals surface area contributed by atoms with Crippen molar-refractivity contribution in [2.24, 2.45) is 0 Å². The van der Waals surface area contributed by atoms with Gasteiger partial charge in [0.2, 0.25) is 5.95 Å². The van der Waals surface area contributed by atoms with E-state index in [-0.39, 0.29) is 5.82 Å². The van der Waals surface area contributed by atoms with Gasteiger partial charge in [0.25, 0.3) is 0 Å². The van der Waals surface area contributed by atoms with Gasteiger partial charge in [-0.1, -0.05) is 11.6 Å². The maximum atomic E-state index is 14.1. The normalized spacial score (nSPS) is 18.4. The monoisotopic (exact) mass is 406 g/mol. The van der Waals surface area contributed by atoms with Gasteiger partial charge in [-0.3, -0.25) is 0 Å². The van der Waals surface area contributed by atoms with Gasteiger partial charge in [-0.05, 0) is 25.0 Å². The highest BCUT2D eigenvalue weighted by Crippen LogP contribution is 2.26. The molecule has 0 bridgehead atoms. The van der Waals surface area contributed by atoms with Crippen molar-refractivity contribution in [3.63, 3.8) is 0 Å². The summed E-state index contributed by atoms with van der Waals surface area (Å²) >= 11 is 5.81. The van der Waals surface area contributed by atoms with Crippen LogP contribution in [0.15, 0.2) is 24.5 Å². The van der Waals surface area contributed by atoms with Crippen molar-refractivity contribution in [3.8, 4) is 0 Å². The second-order valence-electron chi connectivity index (χ2n) is 7.10. The molecule has 0 atom stereocenters. The van der Waals surface area contributed by atoms with Crippen molar-refractivity contribution in [3.05, 3.63) is 35.4 Å². The number of nitrogens with zero attached hydrogens (tertiary/aromatic N) is 6. The van der Waals surface area contributed by atoms with E-state index in [4.69, 9.17) is 21.3 Å². The second-order valence-corrected chi connectivity index (χ2v) is 7.54. The SMILES string of the molecule is CN(c1ccnc(N2CCOCC2)n1)C1CCN(c2ncc(Cl)cc2F)CC1.